The monoisotopic (exact) mass is 219 g/mol. The molecule has 0 saturated carbocycles. The SMILES string of the molecule is Cc1nc(CC(C)N)c2cccc(F)c2n1. The van der Waals surface area contributed by atoms with Crippen LogP contribution in [0.25, 0.3) is 10.9 Å². The lowest BCUT2D eigenvalue weighted by Crippen LogP contribution is -2.19. The minimum Gasteiger partial charge on any atom is -0.328 e. The van der Waals surface area contributed by atoms with Gasteiger partial charge in [-0.3, -0.25) is 0 Å². The Morgan fingerprint density at radius 2 is 2.12 bits per heavy atom. The number of hydrogen-bond donors (Lipinski definition) is 1. The molecule has 1 aromatic carbocycles. The molecule has 1 aromatic heterocycles. The summed E-state index contributed by atoms with van der Waals surface area (Å²) in [5.74, 6) is 0.266. The molecule has 1 heterocycles. The average molecular weight is 219 g/mol. The second kappa shape index (κ2) is 4.14. The summed E-state index contributed by atoms with van der Waals surface area (Å²) >= 11 is 0. The maximum Gasteiger partial charge on any atom is 0.149 e. The quantitative estimate of drug-likeness (QED) is 0.840. The van der Waals surface area contributed by atoms with E-state index in [-0.39, 0.29) is 11.9 Å². The molecule has 16 heavy (non-hydrogen) atoms. The van der Waals surface area contributed by atoms with E-state index in [1.807, 2.05) is 13.0 Å². The molecule has 0 aliphatic carbocycles. The van der Waals surface area contributed by atoms with Crippen LogP contribution in [0.15, 0.2) is 18.2 Å². The van der Waals surface area contributed by atoms with Crippen LogP contribution in [0.4, 0.5) is 4.39 Å². The minimum absolute atomic E-state index is 0.000711. The summed E-state index contributed by atoms with van der Waals surface area (Å²) in [6, 6.07) is 4.90. The van der Waals surface area contributed by atoms with E-state index in [1.54, 1.807) is 13.0 Å². The van der Waals surface area contributed by atoms with E-state index in [0.717, 1.165) is 11.1 Å². The van der Waals surface area contributed by atoms with Crippen LogP contribution < -0.4 is 5.73 Å². The highest BCUT2D eigenvalue weighted by atomic mass is 19.1. The van der Waals surface area contributed by atoms with Gasteiger partial charge >= 0.3 is 0 Å². The van der Waals surface area contributed by atoms with Gasteiger partial charge in [0, 0.05) is 17.8 Å². The zero-order valence-corrected chi connectivity index (χ0v) is 9.37. The molecule has 4 heteroatoms. The highest BCUT2D eigenvalue weighted by Gasteiger charge is 2.10. The predicted octanol–water partition coefficient (Wildman–Crippen LogP) is 1.97. The molecule has 0 radical (unpaired) electrons. The molecule has 0 fully saturated rings. The first-order chi connectivity index (χ1) is 7.58. The van der Waals surface area contributed by atoms with Crippen molar-refractivity contribution in [2.75, 3.05) is 0 Å². The van der Waals surface area contributed by atoms with Crippen LogP contribution in [0.1, 0.15) is 18.4 Å². The number of rotatable bonds is 2. The Morgan fingerprint density at radius 3 is 2.81 bits per heavy atom. The molecule has 2 rings (SSSR count). The van der Waals surface area contributed by atoms with Crippen molar-refractivity contribution < 1.29 is 4.39 Å². The predicted molar refractivity (Wildman–Crippen MR) is 61.6 cm³/mol. The normalized spacial score (nSPS) is 13.0. The molecule has 3 nitrogen and oxygen atoms in total. The lowest BCUT2D eigenvalue weighted by atomic mass is 10.1. The third kappa shape index (κ3) is 2.02. The van der Waals surface area contributed by atoms with E-state index in [2.05, 4.69) is 9.97 Å². The molecular weight excluding hydrogens is 205 g/mol. The second-order valence-electron chi connectivity index (χ2n) is 4.03. The van der Waals surface area contributed by atoms with Gasteiger partial charge in [-0.25, -0.2) is 14.4 Å². The Labute approximate surface area is 93.5 Å². The van der Waals surface area contributed by atoms with Gasteiger partial charge in [-0.1, -0.05) is 12.1 Å². The van der Waals surface area contributed by atoms with Gasteiger partial charge in [-0.05, 0) is 19.9 Å². The first-order valence-electron chi connectivity index (χ1n) is 5.25. The fourth-order valence-corrected chi connectivity index (χ4v) is 1.76. The van der Waals surface area contributed by atoms with E-state index in [4.69, 9.17) is 5.73 Å². The number of hydrogen-bond acceptors (Lipinski definition) is 3. The Kier molecular flexibility index (Phi) is 2.83. The summed E-state index contributed by atoms with van der Waals surface area (Å²) in [4.78, 5) is 8.44. The number of benzene rings is 1. The fourth-order valence-electron chi connectivity index (χ4n) is 1.76. The Bertz CT molecular complexity index is 523. The van der Waals surface area contributed by atoms with Gasteiger partial charge in [0.1, 0.15) is 17.2 Å². The van der Waals surface area contributed by atoms with Gasteiger partial charge in [-0.2, -0.15) is 0 Å². The highest BCUT2D eigenvalue weighted by Crippen LogP contribution is 2.19. The van der Waals surface area contributed by atoms with Crippen molar-refractivity contribution >= 4 is 10.9 Å². The Balaban J connectivity index is 2.68. The molecular formula is C12H14FN3. The number of fused-ring (bicyclic) bond motifs is 1. The Hall–Kier alpha value is -1.55. The van der Waals surface area contributed by atoms with Crippen LogP contribution in [0.5, 0.6) is 0 Å². The Morgan fingerprint density at radius 1 is 1.38 bits per heavy atom. The van der Waals surface area contributed by atoms with Crippen molar-refractivity contribution in [1.29, 1.82) is 0 Å². The highest BCUT2D eigenvalue weighted by molar-refractivity contribution is 5.81. The number of para-hydroxylation sites is 1. The lowest BCUT2D eigenvalue weighted by molar-refractivity contribution is 0.635. The van der Waals surface area contributed by atoms with Gasteiger partial charge in [0.05, 0.1) is 5.69 Å². The van der Waals surface area contributed by atoms with E-state index in [9.17, 15) is 4.39 Å². The van der Waals surface area contributed by atoms with Crippen LogP contribution >= 0.6 is 0 Å². The van der Waals surface area contributed by atoms with Gasteiger partial charge < -0.3 is 5.73 Å². The second-order valence-corrected chi connectivity index (χ2v) is 4.03. The summed E-state index contributed by atoms with van der Waals surface area (Å²) in [6.45, 7) is 3.67. The maximum atomic E-state index is 13.6. The van der Waals surface area contributed by atoms with Gasteiger partial charge in [0.25, 0.3) is 0 Å². The molecule has 84 valence electrons. The molecule has 2 aromatic rings. The van der Waals surface area contributed by atoms with E-state index < -0.39 is 0 Å². The third-order valence-electron chi connectivity index (χ3n) is 2.38. The number of nitrogens with zero attached hydrogens (tertiary/aromatic N) is 2. The summed E-state index contributed by atoms with van der Waals surface area (Å²) < 4.78 is 13.6. The van der Waals surface area contributed by atoms with E-state index in [1.165, 1.54) is 6.07 Å². The number of aryl methyl sites for hydroxylation is 1. The van der Waals surface area contributed by atoms with Crippen molar-refractivity contribution in [3.05, 3.63) is 35.5 Å². The molecule has 0 amide bonds. The molecule has 0 aliphatic heterocycles. The third-order valence-corrected chi connectivity index (χ3v) is 2.38. The van der Waals surface area contributed by atoms with E-state index in [0.29, 0.717) is 17.8 Å². The van der Waals surface area contributed by atoms with Gasteiger partial charge in [0.15, 0.2) is 0 Å². The van der Waals surface area contributed by atoms with Crippen LogP contribution in [0.2, 0.25) is 0 Å². The fraction of sp³-hybridized carbons (Fsp3) is 0.333. The standard InChI is InChI=1S/C12H14FN3/c1-7(14)6-11-9-4-3-5-10(13)12(9)16-8(2)15-11/h3-5,7H,6,14H2,1-2H3. The van der Waals surface area contributed by atoms with Crippen molar-refractivity contribution in [3.63, 3.8) is 0 Å². The average Bonchev–Trinajstić information content (AvgIpc) is 2.18. The topological polar surface area (TPSA) is 51.8 Å². The number of halogens is 1. The molecule has 2 N–H and O–H groups in total. The summed E-state index contributed by atoms with van der Waals surface area (Å²) in [5.41, 5.74) is 6.95. The molecule has 0 aliphatic rings. The summed E-state index contributed by atoms with van der Waals surface area (Å²) in [6.07, 6.45) is 0.628. The van der Waals surface area contributed by atoms with Crippen LogP contribution in [0.3, 0.4) is 0 Å². The smallest absolute Gasteiger partial charge is 0.149 e. The van der Waals surface area contributed by atoms with Crippen LogP contribution in [0, 0.1) is 12.7 Å². The minimum atomic E-state index is -0.311. The van der Waals surface area contributed by atoms with Gasteiger partial charge in [0.2, 0.25) is 0 Å². The van der Waals surface area contributed by atoms with Crippen molar-refractivity contribution in [2.45, 2.75) is 26.3 Å². The molecule has 0 spiro atoms. The summed E-state index contributed by atoms with van der Waals surface area (Å²) in [5, 5.41) is 0.753. The van der Waals surface area contributed by atoms with Crippen molar-refractivity contribution in [2.24, 2.45) is 5.73 Å². The molecule has 0 saturated heterocycles. The zero-order valence-electron chi connectivity index (χ0n) is 9.37. The summed E-state index contributed by atoms with van der Waals surface area (Å²) in [7, 11) is 0. The molecule has 1 atom stereocenters. The van der Waals surface area contributed by atoms with Crippen molar-refractivity contribution in [1.82, 2.24) is 9.97 Å². The van der Waals surface area contributed by atoms with E-state index >= 15 is 0 Å². The number of aromatic nitrogens is 2. The van der Waals surface area contributed by atoms with Crippen LogP contribution in [-0.4, -0.2) is 16.0 Å². The largest absolute Gasteiger partial charge is 0.328 e. The maximum absolute atomic E-state index is 13.6. The molecule has 0 bridgehead atoms. The van der Waals surface area contributed by atoms with Crippen LogP contribution in [-0.2, 0) is 6.42 Å². The zero-order chi connectivity index (χ0) is 11.7. The first-order valence-corrected chi connectivity index (χ1v) is 5.25. The first kappa shape index (κ1) is 11.0. The van der Waals surface area contributed by atoms with Gasteiger partial charge in [-0.15, -0.1) is 0 Å². The van der Waals surface area contributed by atoms with Crippen molar-refractivity contribution in [3.8, 4) is 0 Å². The number of nitrogens with two attached hydrogens (primary N) is 1. The molecule has 1 unspecified atom stereocenters. The lowest BCUT2D eigenvalue weighted by Gasteiger charge is -2.09.